The quantitative estimate of drug-likeness (QED) is 0.777. The highest BCUT2D eigenvalue weighted by Gasteiger charge is 2.43. The van der Waals surface area contributed by atoms with Gasteiger partial charge in [-0.2, -0.15) is 13.2 Å². The van der Waals surface area contributed by atoms with Gasteiger partial charge in [-0.25, -0.2) is 0 Å². The average molecular weight is 349 g/mol. The van der Waals surface area contributed by atoms with E-state index in [4.69, 9.17) is 23.2 Å². The Morgan fingerprint density at radius 3 is 1.95 bits per heavy atom. The van der Waals surface area contributed by atoms with E-state index in [9.17, 15) is 18.3 Å². The normalized spacial score (nSPS) is 14.7. The fraction of sp³-hybridized carbons (Fsp3) is 0.250. The molecule has 2 aromatic rings. The lowest BCUT2D eigenvalue weighted by molar-refractivity contribution is -0.169. The Morgan fingerprint density at radius 1 is 0.909 bits per heavy atom. The molecule has 0 aromatic heterocycles. The lowest BCUT2D eigenvalue weighted by Gasteiger charge is -2.30. The Hall–Kier alpha value is -1.23. The first-order valence-corrected chi connectivity index (χ1v) is 7.19. The van der Waals surface area contributed by atoms with Crippen LogP contribution >= 0.6 is 23.2 Å². The van der Waals surface area contributed by atoms with Gasteiger partial charge in [0, 0.05) is 0 Å². The van der Waals surface area contributed by atoms with Gasteiger partial charge < -0.3 is 5.11 Å². The largest absolute Gasteiger partial charge is 0.392 e. The van der Waals surface area contributed by atoms with Gasteiger partial charge in [0.1, 0.15) is 5.60 Å². The monoisotopic (exact) mass is 348 g/mol. The van der Waals surface area contributed by atoms with Crippen LogP contribution in [-0.4, -0.2) is 11.3 Å². The SMILES string of the molecule is Cc1ccc(C(O)(CC(F)(F)F)c2ccc(Cl)c(Cl)c2)cc1. The fourth-order valence-corrected chi connectivity index (χ4v) is 2.54. The van der Waals surface area contributed by atoms with E-state index in [-0.39, 0.29) is 21.2 Å². The van der Waals surface area contributed by atoms with E-state index in [1.165, 1.54) is 30.3 Å². The first-order valence-electron chi connectivity index (χ1n) is 6.44. The van der Waals surface area contributed by atoms with E-state index in [0.29, 0.717) is 0 Å². The molecule has 0 saturated heterocycles. The van der Waals surface area contributed by atoms with Crippen LogP contribution in [0, 0.1) is 6.92 Å². The van der Waals surface area contributed by atoms with Crippen LogP contribution < -0.4 is 0 Å². The molecule has 22 heavy (non-hydrogen) atoms. The Kier molecular flexibility index (Phi) is 4.76. The zero-order valence-corrected chi connectivity index (χ0v) is 13.1. The maximum absolute atomic E-state index is 13.0. The van der Waals surface area contributed by atoms with E-state index in [1.807, 2.05) is 6.92 Å². The molecule has 0 aliphatic carbocycles. The summed E-state index contributed by atoms with van der Waals surface area (Å²) in [6.07, 6.45) is -5.97. The van der Waals surface area contributed by atoms with Crippen molar-refractivity contribution >= 4 is 23.2 Å². The summed E-state index contributed by atoms with van der Waals surface area (Å²) < 4.78 is 38.9. The molecule has 1 nitrogen and oxygen atoms in total. The zero-order valence-electron chi connectivity index (χ0n) is 11.6. The van der Waals surface area contributed by atoms with Crippen molar-refractivity contribution in [2.45, 2.75) is 25.1 Å². The van der Waals surface area contributed by atoms with Crippen molar-refractivity contribution in [3.8, 4) is 0 Å². The minimum atomic E-state index is -4.55. The first-order chi connectivity index (χ1) is 10.1. The summed E-state index contributed by atoms with van der Waals surface area (Å²) in [5.41, 5.74) is -1.15. The topological polar surface area (TPSA) is 20.2 Å². The number of rotatable bonds is 3. The van der Waals surface area contributed by atoms with Crippen molar-refractivity contribution < 1.29 is 18.3 Å². The van der Waals surface area contributed by atoms with Gasteiger partial charge in [0.15, 0.2) is 0 Å². The number of aryl methyl sites for hydroxylation is 1. The first kappa shape index (κ1) is 17.1. The number of alkyl halides is 3. The minimum absolute atomic E-state index is 0.0445. The van der Waals surface area contributed by atoms with Crippen LogP contribution in [-0.2, 0) is 5.60 Å². The summed E-state index contributed by atoms with van der Waals surface area (Å²) in [5.74, 6) is 0. The molecular formula is C16H13Cl2F3O. The van der Waals surface area contributed by atoms with E-state index in [2.05, 4.69) is 0 Å². The third-order valence-electron chi connectivity index (χ3n) is 3.38. The Labute approximate surface area is 136 Å². The summed E-state index contributed by atoms with van der Waals surface area (Å²) in [5, 5.41) is 11.1. The smallest absolute Gasteiger partial charge is 0.380 e. The summed E-state index contributed by atoms with van der Waals surface area (Å²) in [6, 6.07) is 10.2. The maximum atomic E-state index is 13.0. The third kappa shape index (κ3) is 3.75. The summed E-state index contributed by atoms with van der Waals surface area (Å²) in [6.45, 7) is 1.81. The molecule has 0 radical (unpaired) electrons. The van der Waals surface area contributed by atoms with Crippen molar-refractivity contribution in [3.05, 3.63) is 69.2 Å². The van der Waals surface area contributed by atoms with Crippen molar-refractivity contribution in [3.63, 3.8) is 0 Å². The van der Waals surface area contributed by atoms with E-state index < -0.39 is 18.2 Å². The van der Waals surface area contributed by atoms with Crippen LogP contribution in [0.5, 0.6) is 0 Å². The van der Waals surface area contributed by atoms with E-state index >= 15 is 0 Å². The van der Waals surface area contributed by atoms with Crippen LogP contribution in [0.3, 0.4) is 0 Å². The molecule has 0 heterocycles. The molecular weight excluding hydrogens is 336 g/mol. The number of halogens is 5. The molecule has 1 N–H and O–H groups in total. The molecule has 2 aromatic carbocycles. The van der Waals surface area contributed by atoms with Gasteiger partial charge >= 0.3 is 6.18 Å². The molecule has 6 heteroatoms. The van der Waals surface area contributed by atoms with Crippen molar-refractivity contribution in [2.75, 3.05) is 0 Å². The highest BCUT2D eigenvalue weighted by molar-refractivity contribution is 6.42. The van der Waals surface area contributed by atoms with Crippen LogP contribution in [0.1, 0.15) is 23.1 Å². The molecule has 0 spiro atoms. The highest BCUT2D eigenvalue weighted by Crippen LogP contribution is 2.41. The number of aliphatic hydroxyl groups is 1. The summed E-state index contributed by atoms with van der Waals surface area (Å²) in [7, 11) is 0. The maximum Gasteiger partial charge on any atom is 0.392 e. The second-order valence-electron chi connectivity index (χ2n) is 5.15. The number of benzene rings is 2. The van der Waals surface area contributed by atoms with Gasteiger partial charge in [-0.15, -0.1) is 0 Å². The zero-order chi connectivity index (χ0) is 16.5. The molecule has 0 aliphatic heterocycles. The molecule has 1 unspecified atom stereocenters. The van der Waals surface area contributed by atoms with Crippen LogP contribution in [0.4, 0.5) is 13.2 Å². The molecule has 0 fully saturated rings. The van der Waals surface area contributed by atoms with Gasteiger partial charge in [0.2, 0.25) is 0 Å². The van der Waals surface area contributed by atoms with Crippen molar-refractivity contribution in [2.24, 2.45) is 0 Å². The average Bonchev–Trinajstić information content (AvgIpc) is 2.40. The molecule has 0 bridgehead atoms. The fourth-order valence-electron chi connectivity index (χ4n) is 2.24. The molecule has 2 rings (SSSR count). The van der Waals surface area contributed by atoms with Gasteiger partial charge in [0.25, 0.3) is 0 Å². The van der Waals surface area contributed by atoms with Gasteiger partial charge in [-0.1, -0.05) is 59.1 Å². The predicted molar refractivity (Wildman–Crippen MR) is 81.3 cm³/mol. The molecule has 1 atom stereocenters. The predicted octanol–water partition coefficient (Wildman–Crippen LogP) is 5.49. The standard InChI is InChI=1S/C16H13Cl2F3O/c1-10-2-4-11(5-3-10)15(22,9-16(19,20)21)12-6-7-13(17)14(18)8-12/h2-8,22H,9H2,1H3. The Morgan fingerprint density at radius 2 is 1.45 bits per heavy atom. The van der Waals surface area contributed by atoms with Gasteiger partial charge in [-0.05, 0) is 30.2 Å². The minimum Gasteiger partial charge on any atom is -0.380 e. The van der Waals surface area contributed by atoms with Crippen LogP contribution in [0.2, 0.25) is 10.0 Å². The number of hydrogen-bond donors (Lipinski definition) is 1. The third-order valence-corrected chi connectivity index (χ3v) is 4.12. The van der Waals surface area contributed by atoms with Crippen LogP contribution in [0.15, 0.2) is 42.5 Å². The second-order valence-corrected chi connectivity index (χ2v) is 5.96. The van der Waals surface area contributed by atoms with Crippen molar-refractivity contribution in [1.82, 2.24) is 0 Å². The van der Waals surface area contributed by atoms with Crippen LogP contribution in [0.25, 0.3) is 0 Å². The lowest BCUT2D eigenvalue weighted by Crippen LogP contribution is -2.33. The Bertz CT molecular complexity index is 668. The summed E-state index contributed by atoms with van der Waals surface area (Å²) in [4.78, 5) is 0. The van der Waals surface area contributed by atoms with Gasteiger partial charge in [0.05, 0.1) is 16.5 Å². The van der Waals surface area contributed by atoms with Crippen molar-refractivity contribution in [1.29, 1.82) is 0 Å². The summed E-state index contributed by atoms with van der Waals surface area (Å²) >= 11 is 11.7. The second kappa shape index (κ2) is 6.11. The van der Waals surface area contributed by atoms with E-state index in [1.54, 1.807) is 12.1 Å². The molecule has 118 valence electrons. The Balaban J connectivity index is 2.58. The lowest BCUT2D eigenvalue weighted by atomic mass is 9.83. The molecule has 0 amide bonds. The molecule has 0 saturated carbocycles. The van der Waals surface area contributed by atoms with Gasteiger partial charge in [-0.3, -0.25) is 0 Å². The number of hydrogen-bond acceptors (Lipinski definition) is 1. The molecule has 0 aliphatic rings. The van der Waals surface area contributed by atoms with E-state index in [0.717, 1.165) is 5.56 Å². The highest BCUT2D eigenvalue weighted by atomic mass is 35.5.